The Kier molecular flexibility index (Phi) is 4.35. The number of nitrogens with one attached hydrogen (secondary N) is 1. The quantitative estimate of drug-likeness (QED) is 0.592. The molecule has 0 heterocycles. The second kappa shape index (κ2) is 6.19. The van der Waals surface area contributed by atoms with Gasteiger partial charge in [-0.05, 0) is 23.8 Å². The second-order valence-electron chi connectivity index (χ2n) is 4.66. The van der Waals surface area contributed by atoms with Crippen molar-refractivity contribution in [1.29, 1.82) is 0 Å². The first-order valence-corrected chi connectivity index (χ1v) is 6.43. The molecule has 1 unspecified atom stereocenters. The normalized spacial score (nSPS) is 11.7. The molecule has 0 saturated carbocycles. The molecule has 0 aliphatic carbocycles. The minimum absolute atomic E-state index is 0.245. The fourth-order valence-corrected chi connectivity index (χ4v) is 1.96. The summed E-state index contributed by atoms with van der Waals surface area (Å²) in [4.78, 5) is 23.2. The average Bonchev–Trinajstić information content (AvgIpc) is 2.48. The number of anilines is 2. The highest BCUT2D eigenvalue weighted by atomic mass is 16.3. The summed E-state index contributed by atoms with van der Waals surface area (Å²) < 4.78 is 0. The van der Waals surface area contributed by atoms with Crippen LogP contribution >= 0.6 is 0 Å². The van der Waals surface area contributed by atoms with Gasteiger partial charge in [-0.15, -0.1) is 0 Å². The predicted molar refractivity (Wildman–Crippen MR) is 80.9 cm³/mol. The van der Waals surface area contributed by atoms with Crippen LogP contribution in [0.1, 0.15) is 28.9 Å². The van der Waals surface area contributed by atoms with Crippen molar-refractivity contribution in [2.75, 3.05) is 11.1 Å². The third-order valence-corrected chi connectivity index (χ3v) is 3.01. The van der Waals surface area contributed by atoms with Crippen molar-refractivity contribution in [3.63, 3.8) is 0 Å². The zero-order valence-corrected chi connectivity index (χ0v) is 11.5. The van der Waals surface area contributed by atoms with Gasteiger partial charge in [-0.3, -0.25) is 9.59 Å². The summed E-state index contributed by atoms with van der Waals surface area (Å²) in [6.07, 6.45) is -1.24. The third-order valence-electron chi connectivity index (χ3n) is 3.01. The van der Waals surface area contributed by atoms with Gasteiger partial charge in [0, 0.05) is 12.5 Å². The molecule has 0 aliphatic rings. The van der Waals surface area contributed by atoms with Crippen molar-refractivity contribution in [3.8, 4) is 0 Å². The zero-order chi connectivity index (χ0) is 15.4. The molecular weight excluding hydrogens is 268 g/mol. The van der Waals surface area contributed by atoms with Gasteiger partial charge < -0.3 is 16.2 Å². The molecule has 0 saturated heterocycles. The maximum Gasteiger partial charge on any atom is 0.221 e. The topological polar surface area (TPSA) is 92.4 Å². The Morgan fingerprint density at radius 1 is 1.14 bits per heavy atom. The monoisotopic (exact) mass is 284 g/mol. The number of aliphatic hydroxyl groups excluding tert-OH is 1. The van der Waals surface area contributed by atoms with Crippen LogP contribution in [0.5, 0.6) is 0 Å². The average molecular weight is 284 g/mol. The van der Waals surface area contributed by atoms with Crippen LogP contribution in [0.4, 0.5) is 11.4 Å². The van der Waals surface area contributed by atoms with Gasteiger partial charge in [0.15, 0.2) is 5.78 Å². The van der Waals surface area contributed by atoms with Gasteiger partial charge in [0.2, 0.25) is 5.91 Å². The second-order valence-corrected chi connectivity index (χ2v) is 4.66. The van der Waals surface area contributed by atoms with E-state index in [0.717, 1.165) is 0 Å². The van der Waals surface area contributed by atoms with Gasteiger partial charge >= 0.3 is 0 Å². The van der Waals surface area contributed by atoms with E-state index >= 15 is 0 Å². The van der Waals surface area contributed by atoms with Gasteiger partial charge in [0.05, 0.1) is 11.4 Å². The van der Waals surface area contributed by atoms with E-state index in [1.54, 1.807) is 36.4 Å². The first kappa shape index (κ1) is 14.7. The number of carbonyl (C=O) groups is 2. The number of Topliss-reactive ketones (excluding diaryl/α,β-unsaturated/α-hetero) is 1. The minimum atomic E-state index is -1.24. The van der Waals surface area contributed by atoms with Crippen molar-refractivity contribution in [2.45, 2.75) is 13.0 Å². The maximum atomic E-state index is 12.2. The highest BCUT2D eigenvalue weighted by molar-refractivity contribution is 6.02. The molecule has 0 bridgehead atoms. The molecule has 4 N–H and O–H groups in total. The molecule has 5 heteroatoms. The fraction of sp³-hybridized carbons (Fsp3) is 0.125. The number of carbonyl (C=O) groups excluding carboxylic acids is 2. The van der Waals surface area contributed by atoms with Crippen LogP contribution in [-0.2, 0) is 4.79 Å². The molecule has 0 fully saturated rings. The van der Waals surface area contributed by atoms with Crippen molar-refractivity contribution < 1.29 is 14.7 Å². The first-order valence-electron chi connectivity index (χ1n) is 6.43. The predicted octanol–water partition coefficient (Wildman–Crippen LogP) is 2.14. The lowest BCUT2D eigenvalue weighted by molar-refractivity contribution is -0.114. The number of rotatable bonds is 4. The summed E-state index contributed by atoms with van der Waals surface area (Å²) >= 11 is 0. The Balaban J connectivity index is 2.24. The van der Waals surface area contributed by atoms with E-state index in [2.05, 4.69) is 5.32 Å². The molecule has 5 nitrogen and oxygen atoms in total. The molecule has 21 heavy (non-hydrogen) atoms. The van der Waals surface area contributed by atoms with E-state index in [4.69, 9.17) is 5.73 Å². The van der Waals surface area contributed by atoms with Crippen molar-refractivity contribution in [2.24, 2.45) is 0 Å². The minimum Gasteiger partial charge on any atom is -0.397 e. The summed E-state index contributed by atoms with van der Waals surface area (Å²) in [5.74, 6) is -0.688. The Bertz CT molecular complexity index is 668. The summed E-state index contributed by atoms with van der Waals surface area (Å²) in [6.45, 7) is 1.37. The Labute approximate surface area is 122 Å². The van der Waals surface area contributed by atoms with Crippen molar-refractivity contribution in [1.82, 2.24) is 0 Å². The van der Waals surface area contributed by atoms with Crippen LogP contribution in [0.3, 0.4) is 0 Å². The number of aliphatic hydroxyl groups is 1. The van der Waals surface area contributed by atoms with Crippen LogP contribution in [0.25, 0.3) is 0 Å². The van der Waals surface area contributed by atoms with Gasteiger partial charge in [0.25, 0.3) is 0 Å². The summed E-state index contributed by atoms with van der Waals surface area (Å²) in [7, 11) is 0. The summed E-state index contributed by atoms with van der Waals surface area (Å²) in [5, 5.41) is 12.7. The Morgan fingerprint density at radius 2 is 1.81 bits per heavy atom. The zero-order valence-electron chi connectivity index (χ0n) is 11.5. The van der Waals surface area contributed by atoms with Crippen LogP contribution in [0.15, 0.2) is 48.5 Å². The third kappa shape index (κ3) is 3.46. The van der Waals surface area contributed by atoms with E-state index in [0.29, 0.717) is 11.3 Å². The molecule has 2 aromatic carbocycles. The Morgan fingerprint density at radius 3 is 2.38 bits per heavy atom. The maximum absolute atomic E-state index is 12.2. The number of hydrogen-bond donors (Lipinski definition) is 3. The molecule has 1 atom stereocenters. The lowest BCUT2D eigenvalue weighted by atomic mass is 9.99. The number of hydrogen-bond acceptors (Lipinski definition) is 4. The molecule has 0 aliphatic heterocycles. The molecule has 0 spiro atoms. The first-order chi connectivity index (χ1) is 9.99. The van der Waals surface area contributed by atoms with Gasteiger partial charge in [-0.25, -0.2) is 0 Å². The molecule has 108 valence electrons. The number of ketones is 1. The highest BCUT2D eigenvalue weighted by Crippen LogP contribution is 2.24. The lowest BCUT2D eigenvalue weighted by Gasteiger charge is -2.12. The van der Waals surface area contributed by atoms with E-state index < -0.39 is 11.9 Å². The molecule has 0 aromatic heterocycles. The number of nitrogen functional groups attached to an aromatic ring is 1. The fourth-order valence-electron chi connectivity index (χ4n) is 1.96. The molecule has 0 radical (unpaired) electrons. The summed E-state index contributed by atoms with van der Waals surface area (Å²) in [5.41, 5.74) is 7.32. The summed E-state index contributed by atoms with van der Waals surface area (Å²) in [6, 6.07) is 13.2. The van der Waals surface area contributed by atoms with Gasteiger partial charge in [-0.1, -0.05) is 30.3 Å². The standard InChI is InChI=1S/C16H16N2O3/c1-10(19)18-14-8-7-12(9-13(14)17)16(21)15(20)11-5-3-2-4-6-11/h2-9,15,20H,17H2,1H3,(H,18,19). The van der Waals surface area contributed by atoms with E-state index in [1.807, 2.05) is 0 Å². The van der Waals surface area contributed by atoms with Gasteiger partial charge in [-0.2, -0.15) is 0 Å². The van der Waals surface area contributed by atoms with Crippen LogP contribution < -0.4 is 11.1 Å². The van der Waals surface area contributed by atoms with Gasteiger partial charge in [0.1, 0.15) is 6.10 Å². The smallest absolute Gasteiger partial charge is 0.221 e. The number of amides is 1. The molecule has 2 aromatic rings. The number of benzene rings is 2. The highest BCUT2D eigenvalue weighted by Gasteiger charge is 2.19. The molecule has 1 amide bonds. The lowest BCUT2D eigenvalue weighted by Crippen LogP contribution is -2.13. The van der Waals surface area contributed by atoms with E-state index in [1.165, 1.54) is 19.1 Å². The van der Waals surface area contributed by atoms with Crippen LogP contribution in [0.2, 0.25) is 0 Å². The van der Waals surface area contributed by atoms with Crippen molar-refractivity contribution >= 4 is 23.1 Å². The SMILES string of the molecule is CC(=O)Nc1ccc(C(=O)C(O)c2ccccc2)cc1N. The number of nitrogens with two attached hydrogens (primary N) is 1. The molecule has 2 rings (SSSR count). The largest absolute Gasteiger partial charge is 0.397 e. The van der Waals surface area contributed by atoms with Crippen LogP contribution in [-0.4, -0.2) is 16.8 Å². The molecular formula is C16H16N2O3. The van der Waals surface area contributed by atoms with E-state index in [-0.39, 0.29) is 17.2 Å². The van der Waals surface area contributed by atoms with E-state index in [9.17, 15) is 14.7 Å². The Hall–Kier alpha value is -2.66. The van der Waals surface area contributed by atoms with Crippen molar-refractivity contribution in [3.05, 3.63) is 59.7 Å². The van der Waals surface area contributed by atoms with Crippen LogP contribution in [0, 0.1) is 0 Å².